The number of nitro groups is 1. The minimum absolute atomic E-state index is 0.0673. The fourth-order valence-electron chi connectivity index (χ4n) is 4.23. The number of non-ortho nitro benzene ring substituents is 1. The van der Waals surface area contributed by atoms with Crippen LogP contribution in [0.15, 0.2) is 72.6 Å². The molecule has 1 saturated heterocycles. The third-order valence-corrected chi connectivity index (χ3v) is 6.06. The minimum atomic E-state index is -0.946. The summed E-state index contributed by atoms with van der Waals surface area (Å²) in [4.78, 5) is 42.5. The zero-order valence-corrected chi connectivity index (χ0v) is 20.7. The predicted molar refractivity (Wildman–Crippen MR) is 137 cm³/mol. The number of pyridine rings is 1. The van der Waals surface area contributed by atoms with Gasteiger partial charge in [0, 0.05) is 36.6 Å². The number of benzene rings is 2. The van der Waals surface area contributed by atoms with Crippen LogP contribution in [0.2, 0.25) is 0 Å². The summed E-state index contributed by atoms with van der Waals surface area (Å²) >= 11 is 0. The highest BCUT2D eigenvalue weighted by Gasteiger charge is 2.46. The molecule has 1 amide bonds. The van der Waals surface area contributed by atoms with Crippen LogP contribution in [0.5, 0.6) is 5.75 Å². The number of ketones is 1. The van der Waals surface area contributed by atoms with Gasteiger partial charge in [-0.3, -0.25) is 24.7 Å². The van der Waals surface area contributed by atoms with E-state index < -0.39 is 22.7 Å². The van der Waals surface area contributed by atoms with Crippen LogP contribution >= 0.6 is 0 Å². The lowest BCUT2D eigenvalue weighted by molar-refractivity contribution is -0.384. The Labute approximate surface area is 214 Å². The first-order valence-corrected chi connectivity index (χ1v) is 11.8. The summed E-state index contributed by atoms with van der Waals surface area (Å²) in [6.45, 7) is 6.52. The smallest absolute Gasteiger partial charge is 0.295 e. The van der Waals surface area contributed by atoms with Crippen molar-refractivity contribution in [2.24, 2.45) is 5.92 Å². The van der Waals surface area contributed by atoms with E-state index >= 15 is 0 Å². The van der Waals surface area contributed by atoms with Gasteiger partial charge in [0.2, 0.25) is 0 Å². The number of hydrogen-bond acceptors (Lipinski definition) is 7. The number of carbonyl (C=O) groups is 2. The van der Waals surface area contributed by atoms with Gasteiger partial charge in [-0.2, -0.15) is 0 Å². The summed E-state index contributed by atoms with van der Waals surface area (Å²) < 4.78 is 5.81. The summed E-state index contributed by atoms with van der Waals surface area (Å²) in [7, 11) is 0. The number of Topliss-reactive ketones (excluding diaryl/α,β-unsaturated/α-hetero) is 1. The molecule has 37 heavy (non-hydrogen) atoms. The van der Waals surface area contributed by atoms with Crippen molar-refractivity contribution in [3.05, 3.63) is 105 Å². The standard InChI is InChI=1S/C28H27N3O6/c1-17(2)16-37-23-11-8-21(13-18(23)3)26(32)24-25(20-6-9-22(10-7-20)31(35)36)30(28(34)27(24)33)15-19-5-4-12-29-14-19/h4-14,17,25,32H,15-16H2,1-3H3/b26-24+. The van der Waals surface area contributed by atoms with Crippen LogP contribution in [-0.2, 0) is 16.1 Å². The number of carbonyl (C=O) groups excluding carboxylic acids is 2. The zero-order valence-electron chi connectivity index (χ0n) is 20.7. The van der Waals surface area contributed by atoms with Crippen molar-refractivity contribution >= 4 is 23.1 Å². The quantitative estimate of drug-likeness (QED) is 0.152. The Balaban J connectivity index is 1.80. The van der Waals surface area contributed by atoms with Crippen LogP contribution in [0.4, 0.5) is 5.69 Å². The summed E-state index contributed by atoms with van der Waals surface area (Å²) in [6, 6.07) is 13.2. The third kappa shape index (κ3) is 5.35. The molecule has 0 bridgehead atoms. The van der Waals surface area contributed by atoms with Crippen molar-refractivity contribution in [3.8, 4) is 5.75 Å². The van der Waals surface area contributed by atoms with E-state index in [9.17, 15) is 24.8 Å². The summed E-state index contributed by atoms with van der Waals surface area (Å²) in [5, 5.41) is 22.5. The van der Waals surface area contributed by atoms with Crippen LogP contribution in [0.1, 0.15) is 42.1 Å². The average Bonchev–Trinajstić information content (AvgIpc) is 3.13. The minimum Gasteiger partial charge on any atom is -0.507 e. The van der Waals surface area contributed by atoms with Gasteiger partial charge in [0.1, 0.15) is 11.5 Å². The number of aromatic nitrogens is 1. The van der Waals surface area contributed by atoms with Crippen LogP contribution in [0, 0.1) is 23.0 Å². The van der Waals surface area contributed by atoms with Gasteiger partial charge in [0.05, 0.1) is 23.1 Å². The molecule has 0 spiro atoms. The Morgan fingerprint density at radius 3 is 2.49 bits per heavy atom. The van der Waals surface area contributed by atoms with Gasteiger partial charge in [-0.25, -0.2) is 0 Å². The first-order chi connectivity index (χ1) is 17.7. The highest BCUT2D eigenvalue weighted by Crippen LogP contribution is 2.41. The zero-order chi connectivity index (χ0) is 26.7. The molecular weight excluding hydrogens is 474 g/mol. The molecule has 4 rings (SSSR count). The summed E-state index contributed by atoms with van der Waals surface area (Å²) in [5.74, 6) is -0.932. The van der Waals surface area contributed by atoms with Gasteiger partial charge >= 0.3 is 0 Å². The number of aliphatic hydroxyl groups excluding tert-OH is 1. The van der Waals surface area contributed by atoms with Crippen molar-refractivity contribution in [2.45, 2.75) is 33.4 Å². The lowest BCUT2D eigenvalue weighted by Gasteiger charge is -2.25. The molecule has 1 atom stereocenters. The number of nitrogens with zero attached hydrogens (tertiary/aromatic N) is 3. The van der Waals surface area contributed by atoms with Crippen molar-refractivity contribution in [3.63, 3.8) is 0 Å². The van der Waals surface area contributed by atoms with Gasteiger partial charge in [-0.05, 0) is 65.9 Å². The van der Waals surface area contributed by atoms with Gasteiger partial charge < -0.3 is 14.7 Å². The molecule has 9 heteroatoms. The first kappa shape index (κ1) is 25.6. The fraction of sp³-hybridized carbons (Fsp3) is 0.250. The Hall–Kier alpha value is -4.53. The van der Waals surface area contributed by atoms with E-state index in [2.05, 4.69) is 4.98 Å². The summed E-state index contributed by atoms with van der Waals surface area (Å²) in [5.41, 5.74) is 2.07. The van der Waals surface area contributed by atoms with Crippen LogP contribution in [-0.4, -0.2) is 38.2 Å². The number of hydrogen-bond donors (Lipinski definition) is 1. The first-order valence-electron chi connectivity index (χ1n) is 11.8. The van der Waals surface area contributed by atoms with E-state index in [0.717, 1.165) is 5.56 Å². The fourth-order valence-corrected chi connectivity index (χ4v) is 4.23. The molecule has 9 nitrogen and oxygen atoms in total. The Morgan fingerprint density at radius 2 is 1.89 bits per heavy atom. The number of aryl methyl sites for hydroxylation is 1. The molecule has 1 aromatic heterocycles. The lowest BCUT2D eigenvalue weighted by Crippen LogP contribution is -2.29. The van der Waals surface area contributed by atoms with E-state index in [1.807, 2.05) is 20.8 Å². The molecule has 1 N–H and O–H groups in total. The monoisotopic (exact) mass is 501 g/mol. The molecule has 1 fully saturated rings. The molecule has 2 aromatic carbocycles. The van der Waals surface area contributed by atoms with Gasteiger partial charge in [0.25, 0.3) is 17.4 Å². The Morgan fingerprint density at radius 1 is 1.16 bits per heavy atom. The lowest BCUT2D eigenvalue weighted by atomic mass is 9.94. The molecule has 1 aliphatic rings. The highest BCUT2D eigenvalue weighted by atomic mass is 16.6. The Kier molecular flexibility index (Phi) is 7.33. The second kappa shape index (κ2) is 10.6. The molecule has 190 valence electrons. The van der Waals surface area contributed by atoms with Crippen LogP contribution in [0.3, 0.4) is 0 Å². The van der Waals surface area contributed by atoms with Crippen molar-refractivity contribution in [2.75, 3.05) is 6.61 Å². The molecule has 3 aromatic rings. The van der Waals surface area contributed by atoms with E-state index in [1.54, 1.807) is 42.7 Å². The number of rotatable bonds is 8. The maximum atomic E-state index is 13.3. The van der Waals surface area contributed by atoms with E-state index in [-0.39, 0.29) is 23.6 Å². The van der Waals surface area contributed by atoms with E-state index in [4.69, 9.17) is 4.74 Å². The number of aliphatic hydroxyl groups is 1. The summed E-state index contributed by atoms with van der Waals surface area (Å²) in [6.07, 6.45) is 3.19. The average molecular weight is 502 g/mol. The van der Waals surface area contributed by atoms with Crippen molar-refractivity contribution < 1.29 is 24.4 Å². The maximum Gasteiger partial charge on any atom is 0.295 e. The van der Waals surface area contributed by atoms with Crippen LogP contribution in [0.25, 0.3) is 5.76 Å². The topological polar surface area (TPSA) is 123 Å². The highest BCUT2D eigenvalue weighted by molar-refractivity contribution is 6.46. The molecule has 0 aliphatic carbocycles. The normalized spacial score (nSPS) is 16.9. The van der Waals surface area contributed by atoms with Crippen molar-refractivity contribution in [1.29, 1.82) is 0 Å². The van der Waals surface area contributed by atoms with E-state index in [1.165, 1.54) is 29.2 Å². The third-order valence-electron chi connectivity index (χ3n) is 6.06. The van der Waals surface area contributed by atoms with Gasteiger partial charge in [-0.1, -0.05) is 19.9 Å². The second-order valence-electron chi connectivity index (χ2n) is 9.32. The molecule has 1 unspecified atom stereocenters. The number of likely N-dealkylation sites (tertiary alicyclic amines) is 1. The van der Waals surface area contributed by atoms with Gasteiger partial charge in [-0.15, -0.1) is 0 Å². The molecule has 0 radical (unpaired) electrons. The number of ether oxygens (including phenoxy) is 1. The number of amides is 1. The number of nitro benzene ring substituents is 1. The predicted octanol–water partition coefficient (Wildman–Crippen LogP) is 4.95. The van der Waals surface area contributed by atoms with Gasteiger partial charge in [0.15, 0.2) is 0 Å². The molecule has 1 aliphatic heterocycles. The van der Waals surface area contributed by atoms with Crippen LogP contribution < -0.4 is 4.74 Å². The maximum absolute atomic E-state index is 13.3. The SMILES string of the molecule is Cc1cc(/C(O)=C2\C(=O)C(=O)N(Cc3cccnc3)C2c2ccc([N+](=O)[O-])cc2)ccc1OCC(C)C. The van der Waals surface area contributed by atoms with Crippen molar-refractivity contribution in [1.82, 2.24) is 9.88 Å². The Bertz CT molecular complexity index is 1370. The largest absolute Gasteiger partial charge is 0.507 e. The second-order valence-corrected chi connectivity index (χ2v) is 9.32. The molecule has 0 saturated carbocycles. The molecule has 2 heterocycles. The molecular formula is C28H27N3O6. The van der Waals surface area contributed by atoms with E-state index in [0.29, 0.717) is 35.0 Å².